The zero-order valence-electron chi connectivity index (χ0n) is 13.5. The molecule has 1 aliphatic rings. The lowest BCUT2D eigenvalue weighted by Gasteiger charge is -2.37. The van der Waals surface area contributed by atoms with E-state index >= 15 is 0 Å². The first-order valence-corrected chi connectivity index (χ1v) is 7.85. The van der Waals surface area contributed by atoms with E-state index < -0.39 is 6.03 Å². The van der Waals surface area contributed by atoms with Crippen molar-refractivity contribution in [1.82, 2.24) is 5.32 Å². The molecular weight excluding hydrogens is 301 g/mol. The van der Waals surface area contributed by atoms with Crippen molar-refractivity contribution in [3.05, 3.63) is 24.0 Å². The van der Waals surface area contributed by atoms with E-state index in [-0.39, 0.29) is 24.6 Å². The summed E-state index contributed by atoms with van der Waals surface area (Å²) in [6.07, 6.45) is 0.579. The third-order valence-corrected chi connectivity index (χ3v) is 3.59. The zero-order valence-corrected chi connectivity index (χ0v) is 13.5. The van der Waals surface area contributed by atoms with Crippen molar-refractivity contribution < 1.29 is 19.0 Å². The fourth-order valence-electron chi connectivity index (χ4n) is 2.67. The van der Waals surface area contributed by atoms with Crippen LogP contribution in [0, 0.1) is 5.82 Å². The number of rotatable bonds is 5. The minimum atomic E-state index is -0.417. The van der Waals surface area contributed by atoms with Gasteiger partial charge in [0, 0.05) is 31.9 Å². The highest BCUT2D eigenvalue weighted by molar-refractivity contribution is 5.89. The van der Waals surface area contributed by atoms with Crippen molar-refractivity contribution in [3.63, 3.8) is 0 Å². The Morgan fingerprint density at radius 1 is 1.39 bits per heavy atom. The Balaban J connectivity index is 1.99. The number of hydrogen-bond acceptors (Lipinski definition) is 4. The predicted octanol–water partition coefficient (Wildman–Crippen LogP) is 1.94. The maximum absolute atomic E-state index is 14.4. The zero-order chi connectivity index (χ0) is 16.8. The van der Waals surface area contributed by atoms with E-state index in [1.807, 2.05) is 18.7 Å². The first-order valence-electron chi connectivity index (χ1n) is 7.85. The van der Waals surface area contributed by atoms with Crippen LogP contribution in [0.1, 0.15) is 20.3 Å². The SMILES string of the molecule is CC1CN(c2ccc(NC(=O)NCCCO)cc2F)CC(C)O1. The molecule has 0 radical (unpaired) electrons. The number of benzene rings is 1. The number of anilines is 2. The lowest BCUT2D eigenvalue weighted by Crippen LogP contribution is -2.45. The van der Waals surface area contributed by atoms with Crippen molar-refractivity contribution in [2.45, 2.75) is 32.5 Å². The van der Waals surface area contributed by atoms with Crippen LogP contribution in [0.4, 0.5) is 20.6 Å². The smallest absolute Gasteiger partial charge is 0.319 e. The van der Waals surface area contributed by atoms with Crippen LogP contribution in [0.25, 0.3) is 0 Å². The van der Waals surface area contributed by atoms with Crippen LogP contribution in [0.3, 0.4) is 0 Å². The van der Waals surface area contributed by atoms with Gasteiger partial charge in [0.2, 0.25) is 0 Å². The molecule has 0 bridgehead atoms. The average Bonchev–Trinajstić information content (AvgIpc) is 2.46. The van der Waals surface area contributed by atoms with Gasteiger partial charge in [-0.1, -0.05) is 0 Å². The van der Waals surface area contributed by atoms with Crippen LogP contribution < -0.4 is 15.5 Å². The Morgan fingerprint density at radius 2 is 2.09 bits per heavy atom. The number of aliphatic hydroxyl groups is 1. The van der Waals surface area contributed by atoms with E-state index in [9.17, 15) is 9.18 Å². The summed E-state index contributed by atoms with van der Waals surface area (Å²) in [6, 6.07) is 4.24. The summed E-state index contributed by atoms with van der Waals surface area (Å²) in [5.41, 5.74) is 0.903. The lowest BCUT2D eigenvalue weighted by atomic mass is 10.2. The highest BCUT2D eigenvalue weighted by Crippen LogP contribution is 2.26. The van der Waals surface area contributed by atoms with Gasteiger partial charge in [0.25, 0.3) is 0 Å². The average molecular weight is 325 g/mol. The number of carbonyl (C=O) groups is 1. The molecule has 0 aliphatic carbocycles. The van der Waals surface area contributed by atoms with Gasteiger partial charge < -0.3 is 25.4 Å². The van der Waals surface area contributed by atoms with Gasteiger partial charge in [0.15, 0.2) is 0 Å². The number of aliphatic hydroxyl groups excluding tert-OH is 1. The number of nitrogens with zero attached hydrogens (tertiary/aromatic N) is 1. The monoisotopic (exact) mass is 325 g/mol. The molecule has 7 heteroatoms. The minimum absolute atomic E-state index is 0.0139. The molecule has 1 aromatic rings. The standard InChI is InChI=1S/C16H24FN3O3/c1-11-9-20(10-12(2)23-11)15-5-4-13(8-14(15)17)19-16(22)18-6-3-7-21/h4-5,8,11-12,21H,3,6-7,9-10H2,1-2H3,(H2,18,19,22). The summed E-state index contributed by atoms with van der Waals surface area (Å²) < 4.78 is 20.0. The van der Waals surface area contributed by atoms with Gasteiger partial charge in [-0.05, 0) is 38.5 Å². The molecule has 2 rings (SSSR count). The molecule has 23 heavy (non-hydrogen) atoms. The number of amides is 2. The second-order valence-electron chi connectivity index (χ2n) is 5.79. The molecular formula is C16H24FN3O3. The largest absolute Gasteiger partial charge is 0.396 e. The number of ether oxygens (including phenoxy) is 1. The third kappa shape index (κ3) is 5.07. The number of morpholine rings is 1. The van der Waals surface area contributed by atoms with Crippen LogP contribution in [0.2, 0.25) is 0 Å². The van der Waals surface area contributed by atoms with Gasteiger partial charge in [0.1, 0.15) is 5.82 Å². The van der Waals surface area contributed by atoms with Gasteiger partial charge in [-0.3, -0.25) is 0 Å². The van der Waals surface area contributed by atoms with Gasteiger partial charge in [0.05, 0.1) is 17.9 Å². The van der Waals surface area contributed by atoms with E-state index in [0.717, 1.165) is 0 Å². The lowest BCUT2D eigenvalue weighted by molar-refractivity contribution is -0.00539. The van der Waals surface area contributed by atoms with Crippen molar-refractivity contribution in [1.29, 1.82) is 0 Å². The second-order valence-corrected chi connectivity index (χ2v) is 5.79. The Morgan fingerprint density at radius 3 is 2.70 bits per heavy atom. The first-order chi connectivity index (χ1) is 11.0. The molecule has 2 atom stereocenters. The summed E-state index contributed by atoms with van der Waals surface area (Å²) in [7, 11) is 0. The molecule has 1 heterocycles. The first kappa shape index (κ1) is 17.5. The molecule has 3 N–H and O–H groups in total. The third-order valence-electron chi connectivity index (χ3n) is 3.59. The molecule has 2 amide bonds. The predicted molar refractivity (Wildman–Crippen MR) is 87.3 cm³/mol. The van der Waals surface area contributed by atoms with E-state index in [4.69, 9.17) is 9.84 Å². The van der Waals surface area contributed by atoms with Crippen LogP contribution in [-0.4, -0.2) is 49.6 Å². The molecule has 128 valence electrons. The molecule has 1 fully saturated rings. The van der Waals surface area contributed by atoms with Gasteiger partial charge in [-0.25, -0.2) is 9.18 Å². The number of halogens is 1. The van der Waals surface area contributed by atoms with Crippen molar-refractivity contribution in [2.24, 2.45) is 0 Å². The maximum Gasteiger partial charge on any atom is 0.319 e. The van der Waals surface area contributed by atoms with Gasteiger partial charge in [-0.2, -0.15) is 0 Å². The normalized spacial score (nSPS) is 21.1. The molecule has 1 saturated heterocycles. The van der Waals surface area contributed by atoms with Gasteiger partial charge >= 0.3 is 6.03 Å². The molecule has 2 unspecified atom stereocenters. The molecule has 0 aromatic heterocycles. The van der Waals surface area contributed by atoms with E-state index in [2.05, 4.69) is 10.6 Å². The van der Waals surface area contributed by atoms with E-state index in [1.165, 1.54) is 6.07 Å². The second kappa shape index (κ2) is 8.12. The van der Waals surface area contributed by atoms with Crippen LogP contribution in [0.15, 0.2) is 18.2 Å². The Labute approximate surface area is 135 Å². The molecule has 0 spiro atoms. The number of urea groups is 1. The van der Waals surface area contributed by atoms with Crippen molar-refractivity contribution in [2.75, 3.05) is 36.5 Å². The highest BCUT2D eigenvalue weighted by Gasteiger charge is 2.24. The Bertz CT molecular complexity index is 531. The Hall–Kier alpha value is -1.86. The highest BCUT2D eigenvalue weighted by atomic mass is 19.1. The summed E-state index contributed by atoms with van der Waals surface area (Å²) in [5, 5.41) is 13.8. The maximum atomic E-state index is 14.4. The van der Waals surface area contributed by atoms with Crippen molar-refractivity contribution in [3.8, 4) is 0 Å². The molecule has 0 saturated carbocycles. The minimum Gasteiger partial charge on any atom is -0.396 e. The molecule has 1 aromatic carbocycles. The summed E-state index contributed by atoms with van der Waals surface area (Å²) >= 11 is 0. The number of carbonyl (C=O) groups excluding carboxylic acids is 1. The fraction of sp³-hybridized carbons (Fsp3) is 0.562. The van der Waals surface area contributed by atoms with E-state index in [1.54, 1.807) is 12.1 Å². The summed E-state index contributed by atoms with van der Waals surface area (Å²) in [4.78, 5) is 13.6. The van der Waals surface area contributed by atoms with Crippen LogP contribution in [-0.2, 0) is 4.74 Å². The van der Waals surface area contributed by atoms with Crippen LogP contribution >= 0.6 is 0 Å². The van der Waals surface area contributed by atoms with E-state index in [0.29, 0.717) is 37.4 Å². The number of nitrogens with one attached hydrogen (secondary N) is 2. The van der Waals surface area contributed by atoms with Crippen LogP contribution in [0.5, 0.6) is 0 Å². The summed E-state index contributed by atoms with van der Waals surface area (Å²) in [5.74, 6) is -0.376. The quantitative estimate of drug-likeness (QED) is 0.724. The van der Waals surface area contributed by atoms with Gasteiger partial charge in [-0.15, -0.1) is 0 Å². The topological polar surface area (TPSA) is 73.8 Å². The summed E-state index contributed by atoms with van der Waals surface area (Å²) in [6.45, 7) is 5.58. The van der Waals surface area contributed by atoms with Crippen molar-refractivity contribution >= 4 is 17.4 Å². The Kier molecular flexibility index (Phi) is 6.18. The number of hydrogen-bond donors (Lipinski definition) is 3. The molecule has 1 aliphatic heterocycles. The fourth-order valence-corrected chi connectivity index (χ4v) is 2.67. The molecule has 6 nitrogen and oxygen atoms in total.